The van der Waals surface area contributed by atoms with Crippen LogP contribution in [0.5, 0.6) is 0 Å². The molecular weight excluding hydrogens is 714 g/mol. The Bertz CT molecular complexity index is 1970. The zero-order valence-electron chi connectivity index (χ0n) is 26.2. The largest absolute Gasteiger partial charge is 0.464 e. The lowest BCUT2D eigenvalue weighted by molar-refractivity contribution is -0.124. The number of benzene rings is 2. The highest BCUT2D eigenvalue weighted by Crippen LogP contribution is 2.44. The molecule has 0 radical (unpaired) electrons. The fourth-order valence-electron chi connectivity index (χ4n) is 4.81. The summed E-state index contributed by atoms with van der Waals surface area (Å²) in [6, 6.07) is 13.6. The number of carboxylic acid groups (broad SMARTS) is 1. The van der Waals surface area contributed by atoms with Gasteiger partial charge in [-0.15, -0.1) is 11.3 Å². The number of Topliss-reactive ketones (excluding diaryl/α,β-unsaturated/α-hetero) is 1. The average molecular weight is 744 g/mol. The fourth-order valence-corrected chi connectivity index (χ4v) is 6.10. The van der Waals surface area contributed by atoms with E-state index in [9.17, 15) is 33.9 Å². The number of nitrogens with zero attached hydrogens (tertiary/aromatic N) is 2. The average Bonchev–Trinajstić information content (AvgIpc) is 3.66. The molecule has 3 heterocycles. The van der Waals surface area contributed by atoms with Crippen LogP contribution in [-0.4, -0.2) is 45.8 Å². The number of anilines is 2. The quantitative estimate of drug-likeness (QED) is 0.177. The van der Waals surface area contributed by atoms with Crippen molar-refractivity contribution in [3.8, 4) is 17.3 Å². The lowest BCUT2D eigenvalue weighted by Crippen LogP contribution is -2.28. The second kappa shape index (κ2) is 14.1. The third kappa shape index (κ3) is 7.79. The van der Waals surface area contributed by atoms with E-state index in [0.29, 0.717) is 10.0 Å². The molecular formula is C33H29BrF2N4O7S. The number of carbonyl (C=O) groups excluding carboxylic acids is 3. The van der Waals surface area contributed by atoms with Crippen molar-refractivity contribution in [2.24, 2.45) is 0 Å². The molecule has 0 fully saturated rings. The topological polar surface area (TPSA) is 160 Å². The summed E-state index contributed by atoms with van der Waals surface area (Å²) < 4.78 is 41.0. The first kappa shape index (κ1) is 35.9. The van der Waals surface area contributed by atoms with Crippen molar-refractivity contribution in [1.82, 2.24) is 4.57 Å². The van der Waals surface area contributed by atoms with Crippen LogP contribution >= 0.6 is 27.3 Å². The molecule has 250 valence electrons. The molecule has 2 amide bonds. The Morgan fingerprint density at radius 3 is 2.46 bits per heavy atom. The number of hydrogen-bond donors (Lipinski definition) is 3. The van der Waals surface area contributed by atoms with Crippen molar-refractivity contribution >= 4 is 62.5 Å². The number of amides is 2. The number of nitriles is 1. The van der Waals surface area contributed by atoms with Gasteiger partial charge in [-0.2, -0.15) is 5.26 Å². The summed E-state index contributed by atoms with van der Waals surface area (Å²) in [7, 11) is 0. The van der Waals surface area contributed by atoms with Gasteiger partial charge >= 0.3 is 12.2 Å². The number of hydrogen-bond acceptors (Lipinski definition) is 8. The number of rotatable bonds is 4. The molecule has 0 spiro atoms. The highest BCUT2D eigenvalue weighted by atomic mass is 79.9. The van der Waals surface area contributed by atoms with Gasteiger partial charge in [-0.3, -0.25) is 14.9 Å². The second-order valence-electron chi connectivity index (χ2n) is 11.6. The predicted molar refractivity (Wildman–Crippen MR) is 177 cm³/mol. The summed E-state index contributed by atoms with van der Waals surface area (Å²) in [5, 5.41) is 25.3. The van der Waals surface area contributed by atoms with Gasteiger partial charge in [-0.05, 0) is 82.5 Å². The Kier molecular flexibility index (Phi) is 10.5. The third-order valence-corrected chi connectivity index (χ3v) is 8.43. The van der Waals surface area contributed by atoms with Crippen molar-refractivity contribution in [2.45, 2.75) is 45.8 Å². The van der Waals surface area contributed by atoms with Crippen molar-refractivity contribution in [3.63, 3.8) is 0 Å². The highest BCUT2D eigenvalue weighted by molar-refractivity contribution is 9.10. The zero-order chi connectivity index (χ0) is 35.6. The molecule has 1 aliphatic rings. The summed E-state index contributed by atoms with van der Waals surface area (Å²) in [4.78, 5) is 47.6. The normalized spacial score (nSPS) is 15.5. The maximum atomic E-state index is 15.1. The maximum Gasteiger partial charge on any atom is 0.417 e. The van der Waals surface area contributed by atoms with Gasteiger partial charge in [0.05, 0.1) is 17.1 Å². The van der Waals surface area contributed by atoms with Gasteiger partial charge in [0.25, 0.3) is 5.91 Å². The lowest BCUT2D eigenvalue weighted by atomic mass is 9.90. The van der Waals surface area contributed by atoms with E-state index in [-0.39, 0.29) is 46.3 Å². The summed E-state index contributed by atoms with van der Waals surface area (Å²) in [5.41, 5.74) is -1.29. The highest BCUT2D eigenvalue weighted by Gasteiger charge is 2.38. The molecule has 48 heavy (non-hydrogen) atoms. The number of halogens is 3. The number of ketones is 1. The van der Waals surface area contributed by atoms with E-state index in [1.54, 1.807) is 39.8 Å². The zero-order valence-corrected chi connectivity index (χ0v) is 28.6. The van der Waals surface area contributed by atoms with Gasteiger partial charge in [0.1, 0.15) is 41.2 Å². The molecule has 2 aromatic heterocycles. The van der Waals surface area contributed by atoms with Crippen LogP contribution in [0.1, 0.15) is 61.1 Å². The molecule has 0 saturated carbocycles. The summed E-state index contributed by atoms with van der Waals surface area (Å²) in [6.45, 7) is 7.84. The standard InChI is InChI=1S/C20H14FN3O4S.C13H15BrFNO3/c1-20(16-3-2-6-29-16)13-7-11(8-14(21)18(13)23-17(25)10-28-20)15-5-4-12(9-22)24(15)19(26)27;1-7(17)9-5-8(14)6-10(15)11(9)16-12(18)19-13(2,3)4/h2-8H,10H2,1H3,(H,23,25)(H,26,27);5-6H,1-4H3,(H,16,18). The van der Waals surface area contributed by atoms with E-state index in [2.05, 4.69) is 26.6 Å². The van der Waals surface area contributed by atoms with Crippen LogP contribution in [0.2, 0.25) is 0 Å². The van der Waals surface area contributed by atoms with Crippen molar-refractivity contribution in [3.05, 3.63) is 91.7 Å². The van der Waals surface area contributed by atoms with Gasteiger partial charge in [0.15, 0.2) is 5.78 Å². The van der Waals surface area contributed by atoms with Gasteiger partial charge in [0.2, 0.25) is 0 Å². The van der Waals surface area contributed by atoms with E-state index in [4.69, 9.17) is 9.47 Å². The number of aromatic nitrogens is 1. The van der Waals surface area contributed by atoms with Gasteiger partial charge in [-0.1, -0.05) is 22.0 Å². The van der Waals surface area contributed by atoms with Crippen LogP contribution in [0.25, 0.3) is 11.3 Å². The molecule has 11 nitrogen and oxygen atoms in total. The molecule has 0 bridgehead atoms. The minimum atomic E-state index is -1.36. The van der Waals surface area contributed by atoms with Crippen molar-refractivity contribution in [2.75, 3.05) is 17.2 Å². The molecule has 15 heteroatoms. The van der Waals surface area contributed by atoms with Crippen LogP contribution in [0, 0.1) is 23.0 Å². The van der Waals surface area contributed by atoms with E-state index < -0.39 is 40.9 Å². The Morgan fingerprint density at radius 1 is 1.17 bits per heavy atom. The van der Waals surface area contributed by atoms with Gasteiger partial charge in [0, 0.05) is 26.0 Å². The van der Waals surface area contributed by atoms with E-state index >= 15 is 4.39 Å². The second-order valence-corrected chi connectivity index (χ2v) is 13.4. The first-order valence-corrected chi connectivity index (χ1v) is 15.8. The summed E-state index contributed by atoms with van der Waals surface area (Å²) >= 11 is 4.49. The molecule has 2 aromatic carbocycles. The first-order valence-electron chi connectivity index (χ1n) is 14.1. The number of thiophene rings is 1. The smallest absolute Gasteiger partial charge is 0.417 e. The van der Waals surface area contributed by atoms with Crippen molar-refractivity contribution < 1.29 is 42.5 Å². The van der Waals surface area contributed by atoms with Gasteiger partial charge < -0.3 is 19.9 Å². The molecule has 0 saturated heterocycles. The summed E-state index contributed by atoms with van der Waals surface area (Å²) in [5.74, 6) is -2.27. The van der Waals surface area contributed by atoms with Crippen LogP contribution < -0.4 is 10.6 Å². The minimum absolute atomic E-state index is 0.0129. The Labute approximate surface area is 286 Å². The number of fused-ring (bicyclic) bond motifs is 1. The minimum Gasteiger partial charge on any atom is -0.464 e. The molecule has 4 aromatic rings. The fraction of sp³-hybridized carbons (Fsp3) is 0.242. The maximum absolute atomic E-state index is 15.1. The number of carbonyl (C=O) groups is 4. The first-order chi connectivity index (χ1) is 22.4. The summed E-state index contributed by atoms with van der Waals surface area (Å²) in [6.07, 6.45) is -2.17. The van der Waals surface area contributed by atoms with Crippen molar-refractivity contribution in [1.29, 1.82) is 5.26 Å². The molecule has 1 atom stereocenters. The molecule has 5 rings (SSSR count). The third-order valence-electron chi connectivity index (χ3n) is 6.89. The predicted octanol–water partition coefficient (Wildman–Crippen LogP) is 8.12. The molecule has 1 aliphatic heterocycles. The number of ether oxygens (including phenoxy) is 2. The van der Waals surface area contributed by atoms with Crippen LogP contribution in [0.15, 0.2) is 58.4 Å². The van der Waals surface area contributed by atoms with Crippen LogP contribution in [0.3, 0.4) is 0 Å². The number of nitrogens with one attached hydrogen (secondary N) is 2. The van der Waals surface area contributed by atoms with E-state index in [1.807, 2.05) is 17.5 Å². The SMILES string of the molecule is CC(=O)c1cc(Br)cc(F)c1NC(=O)OC(C)(C)C.CC1(c2cccs2)OCC(=O)Nc2c(F)cc(-c3ccc(C#N)n3C(=O)O)cc21. The Hall–Kier alpha value is -4.91. The van der Waals surface area contributed by atoms with E-state index in [0.717, 1.165) is 15.5 Å². The van der Waals surface area contributed by atoms with E-state index in [1.165, 1.54) is 42.5 Å². The monoisotopic (exact) mass is 742 g/mol. The van der Waals surface area contributed by atoms with Crippen LogP contribution in [0.4, 0.5) is 29.7 Å². The Balaban J connectivity index is 0.000000239. The lowest BCUT2D eigenvalue weighted by Gasteiger charge is -2.29. The Morgan fingerprint density at radius 2 is 1.88 bits per heavy atom. The molecule has 1 unspecified atom stereocenters. The molecule has 3 N–H and O–H groups in total. The molecule has 0 aliphatic carbocycles. The van der Waals surface area contributed by atoms with Crippen LogP contribution in [-0.2, 0) is 19.9 Å². The van der Waals surface area contributed by atoms with Gasteiger partial charge in [-0.25, -0.2) is 22.9 Å².